The molecule has 0 aromatic carbocycles. The van der Waals surface area contributed by atoms with Crippen LogP contribution in [0.3, 0.4) is 0 Å². The highest BCUT2D eigenvalue weighted by Crippen LogP contribution is 2.19. The van der Waals surface area contributed by atoms with E-state index in [-0.39, 0.29) is 0 Å². The Morgan fingerprint density at radius 3 is 2.89 bits per heavy atom. The smallest absolute Gasteiger partial charge is 0.254 e. The van der Waals surface area contributed by atoms with Crippen molar-refractivity contribution in [2.75, 3.05) is 13.7 Å². The number of nitrogens with zero attached hydrogens (tertiary/aromatic N) is 1. The molecular formula is C4H9NO3P+. The fourth-order valence-electron chi connectivity index (χ4n) is 0.189. The second-order valence-corrected chi connectivity index (χ2v) is 2.14. The molecule has 5 heteroatoms. The van der Waals surface area contributed by atoms with E-state index in [4.69, 9.17) is 0 Å². The Hall–Kier alpha value is -0.470. The van der Waals surface area contributed by atoms with Gasteiger partial charge in [-0.2, -0.15) is 0 Å². The van der Waals surface area contributed by atoms with Gasteiger partial charge in [-0.1, -0.05) is 0 Å². The Balaban J connectivity index is 3.26. The Morgan fingerprint density at radius 1 is 1.78 bits per heavy atom. The minimum absolute atomic E-state index is 0.618. The molecule has 9 heavy (non-hydrogen) atoms. The van der Waals surface area contributed by atoms with Crippen LogP contribution >= 0.6 is 8.25 Å². The molecule has 0 saturated carbocycles. The first-order chi connectivity index (χ1) is 4.31. The molecule has 1 atom stereocenters. The average Bonchev–Trinajstić information content (AvgIpc) is 1.89. The van der Waals surface area contributed by atoms with Gasteiger partial charge in [-0.15, -0.1) is 4.52 Å². The standard InChI is InChI=1S/C4H9NO3P/c1-3-5-4-8-9(6)7-2/h4H,3H2,1-2H3/q+1. The van der Waals surface area contributed by atoms with Crippen LogP contribution in [0.2, 0.25) is 0 Å². The quantitative estimate of drug-likeness (QED) is 0.345. The topological polar surface area (TPSA) is 47.9 Å². The number of hydrogen-bond acceptors (Lipinski definition) is 4. The first kappa shape index (κ1) is 8.53. The van der Waals surface area contributed by atoms with Crippen LogP contribution in [0.4, 0.5) is 0 Å². The van der Waals surface area contributed by atoms with Crippen molar-refractivity contribution in [1.82, 2.24) is 0 Å². The van der Waals surface area contributed by atoms with E-state index in [1.165, 1.54) is 7.11 Å². The molecule has 0 spiro atoms. The van der Waals surface area contributed by atoms with Gasteiger partial charge in [-0.05, 0) is 6.92 Å². The maximum Gasteiger partial charge on any atom is 0.750 e. The van der Waals surface area contributed by atoms with Gasteiger partial charge in [0.15, 0.2) is 0 Å². The molecule has 0 aromatic heterocycles. The lowest BCUT2D eigenvalue weighted by molar-refractivity contribution is 0.350. The van der Waals surface area contributed by atoms with Crippen LogP contribution in [-0.2, 0) is 13.6 Å². The predicted octanol–water partition coefficient (Wildman–Crippen LogP) is 1.35. The van der Waals surface area contributed by atoms with E-state index in [9.17, 15) is 4.57 Å². The van der Waals surface area contributed by atoms with Crippen molar-refractivity contribution >= 4 is 14.7 Å². The molecule has 0 aliphatic carbocycles. The third-order valence-electron chi connectivity index (χ3n) is 0.539. The van der Waals surface area contributed by atoms with Gasteiger partial charge in [0.2, 0.25) is 6.40 Å². The van der Waals surface area contributed by atoms with Gasteiger partial charge in [-0.3, -0.25) is 4.99 Å². The zero-order chi connectivity index (χ0) is 7.11. The Kier molecular flexibility index (Phi) is 5.37. The lowest BCUT2D eigenvalue weighted by atomic mass is 10.8. The maximum absolute atomic E-state index is 10.3. The summed E-state index contributed by atoms with van der Waals surface area (Å²) >= 11 is 0. The van der Waals surface area contributed by atoms with E-state index in [1.54, 1.807) is 0 Å². The van der Waals surface area contributed by atoms with Crippen molar-refractivity contribution in [3.05, 3.63) is 0 Å². The van der Waals surface area contributed by atoms with E-state index in [0.717, 1.165) is 6.40 Å². The van der Waals surface area contributed by atoms with Crippen molar-refractivity contribution < 1.29 is 13.6 Å². The number of hydrogen-bond donors (Lipinski definition) is 0. The monoisotopic (exact) mass is 150 g/mol. The van der Waals surface area contributed by atoms with Crippen molar-refractivity contribution in [3.8, 4) is 0 Å². The minimum atomic E-state index is -1.99. The van der Waals surface area contributed by atoms with Gasteiger partial charge < -0.3 is 0 Å². The summed E-state index contributed by atoms with van der Waals surface area (Å²) in [5.74, 6) is 0. The zero-order valence-corrected chi connectivity index (χ0v) is 6.30. The Bertz CT molecular complexity index is 114. The van der Waals surface area contributed by atoms with Crippen LogP contribution in [0.15, 0.2) is 4.99 Å². The minimum Gasteiger partial charge on any atom is -0.254 e. The van der Waals surface area contributed by atoms with Gasteiger partial charge in [0, 0.05) is 11.1 Å². The van der Waals surface area contributed by atoms with Crippen LogP contribution < -0.4 is 0 Å². The summed E-state index contributed by atoms with van der Waals surface area (Å²) in [4.78, 5) is 3.65. The normalized spacial score (nSPS) is 12.0. The zero-order valence-electron chi connectivity index (χ0n) is 5.40. The molecule has 0 aromatic rings. The summed E-state index contributed by atoms with van der Waals surface area (Å²) in [6.45, 7) is 2.46. The van der Waals surface area contributed by atoms with Crippen molar-refractivity contribution in [2.45, 2.75) is 6.92 Å². The highest BCUT2D eigenvalue weighted by Gasteiger charge is 2.14. The van der Waals surface area contributed by atoms with Crippen LogP contribution in [0.5, 0.6) is 0 Å². The lowest BCUT2D eigenvalue weighted by Gasteiger charge is -1.76. The Labute approximate surface area is 54.8 Å². The van der Waals surface area contributed by atoms with Gasteiger partial charge in [0.1, 0.15) is 0 Å². The number of rotatable bonds is 4. The van der Waals surface area contributed by atoms with E-state index >= 15 is 0 Å². The molecule has 0 aliphatic heterocycles. The third-order valence-corrected chi connectivity index (χ3v) is 1.10. The molecule has 52 valence electrons. The van der Waals surface area contributed by atoms with E-state index in [2.05, 4.69) is 14.0 Å². The molecule has 4 nitrogen and oxygen atoms in total. The summed E-state index contributed by atoms with van der Waals surface area (Å²) in [7, 11) is -0.685. The molecular weight excluding hydrogens is 141 g/mol. The van der Waals surface area contributed by atoms with Crippen LogP contribution in [0.1, 0.15) is 6.92 Å². The van der Waals surface area contributed by atoms with Crippen LogP contribution in [0, 0.1) is 0 Å². The second-order valence-electron chi connectivity index (χ2n) is 1.12. The summed E-state index contributed by atoms with van der Waals surface area (Å²) in [6.07, 6.45) is 1.13. The van der Waals surface area contributed by atoms with E-state index in [0.29, 0.717) is 6.54 Å². The fraction of sp³-hybridized carbons (Fsp3) is 0.750. The van der Waals surface area contributed by atoms with Gasteiger partial charge in [-0.25, -0.2) is 4.52 Å². The highest BCUT2D eigenvalue weighted by atomic mass is 31.1. The Morgan fingerprint density at radius 2 is 2.44 bits per heavy atom. The van der Waals surface area contributed by atoms with Crippen molar-refractivity contribution in [2.24, 2.45) is 4.99 Å². The van der Waals surface area contributed by atoms with E-state index < -0.39 is 8.25 Å². The molecule has 1 unspecified atom stereocenters. The summed E-state index contributed by atoms with van der Waals surface area (Å²) in [5, 5.41) is 0. The highest BCUT2D eigenvalue weighted by molar-refractivity contribution is 7.33. The molecule has 0 fully saturated rings. The van der Waals surface area contributed by atoms with Gasteiger partial charge >= 0.3 is 8.25 Å². The maximum atomic E-state index is 10.3. The molecule has 0 bridgehead atoms. The molecule has 0 rings (SSSR count). The molecule has 0 amide bonds. The first-order valence-electron chi connectivity index (χ1n) is 2.47. The molecule has 0 heterocycles. The molecule has 0 radical (unpaired) electrons. The molecule has 0 N–H and O–H groups in total. The lowest BCUT2D eigenvalue weighted by Crippen LogP contribution is -1.78. The number of aliphatic imine (C=N–C) groups is 1. The van der Waals surface area contributed by atoms with Crippen LogP contribution in [-0.4, -0.2) is 20.1 Å². The predicted molar refractivity (Wildman–Crippen MR) is 34.7 cm³/mol. The van der Waals surface area contributed by atoms with Gasteiger partial charge in [0.25, 0.3) is 0 Å². The largest absolute Gasteiger partial charge is 0.750 e. The van der Waals surface area contributed by atoms with E-state index in [1.807, 2.05) is 6.92 Å². The molecule has 0 aliphatic rings. The third kappa shape index (κ3) is 5.40. The second kappa shape index (κ2) is 5.66. The van der Waals surface area contributed by atoms with Crippen molar-refractivity contribution in [3.63, 3.8) is 0 Å². The summed E-state index contributed by atoms with van der Waals surface area (Å²) in [6, 6.07) is 0. The fourth-order valence-corrected chi connectivity index (χ4v) is 0.419. The summed E-state index contributed by atoms with van der Waals surface area (Å²) in [5.41, 5.74) is 0. The summed E-state index contributed by atoms with van der Waals surface area (Å²) < 4.78 is 19.0. The molecule has 0 saturated heterocycles. The van der Waals surface area contributed by atoms with Crippen molar-refractivity contribution in [1.29, 1.82) is 0 Å². The average molecular weight is 150 g/mol. The SMILES string of the molecule is CCN=CO[P+](=O)OC. The van der Waals surface area contributed by atoms with Gasteiger partial charge in [0.05, 0.1) is 7.11 Å². The first-order valence-corrected chi connectivity index (χ1v) is 3.57. The van der Waals surface area contributed by atoms with Crippen LogP contribution in [0.25, 0.3) is 0 Å².